The molecule has 3 heterocycles. The fraction of sp³-hybridized carbons (Fsp3) is 0.389. The van der Waals surface area contributed by atoms with Crippen LogP contribution in [0.3, 0.4) is 0 Å². The SMILES string of the molecule is CC(C)(C)OC(=O)Nc1ccc2[nH]c3c(c2c1)C1CN(C3)C(=O)NC1=O. The number of hydrogen-bond acceptors (Lipinski definition) is 4. The van der Waals surface area contributed by atoms with Crippen LogP contribution in [0.15, 0.2) is 18.2 Å². The van der Waals surface area contributed by atoms with E-state index in [1.54, 1.807) is 31.7 Å². The van der Waals surface area contributed by atoms with Gasteiger partial charge in [0.25, 0.3) is 0 Å². The molecule has 2 aliphatic heterocycles. The molecule has 1 fully saturated rings. The first kappa shape index (κ1) is 16.4. The molecule has 8 nitrogen and oxygen atoms in total. The number of ether oxygens (including phenoxy) is 1. The average molecular weight is 356 g/mol. The predicted molar refractivity (Wildman–Crippen MR) is 94.8 cm³/mol. The van der Waals surface area contributed by atoms with Gasteiger partial charge in [0.15, 0.2) is 0 Å². The Morgan fingerprint density at radius 2 is 2.08 bits per heavy atom. The summed E-state index contributed by atoms with van der Waals surface area (Å²) in [4.78, 5) is 41.0. The minimum atomic E-state index is -0.586. The summed E-state index contributed by atoms with van der Waals surface area (Å²) in [6.45, 7) is 6.19. The Morgan fingerprint density at radius 3 is 2.81 bits per heavy atom. The van der Waals surface area contributed by atoms with Crippen LogP contribution in [-0.2, 0) is 16.1 Å². The highest BCUT2D eigenvalue weighted by atomic mass is 16.6. The molecule has 0 aliphatic carbocycles. The number of aromatic nitrogens is 1. The molecule has 8 heteroatoms. The van der Waals surface area contributed by atoms with Gasteiger partial charge >= 0.3 is 12.1 Å². The van der Waals surface area contributed by atoms with Gasteiger partial charge in [-0.15, -0.1) is 0 Å². The van der Waals surface area contributed by atoms with Crippen LogP contribution in [0.2, 0.25) is 0 Å². The van der Waals surface area contributed by atoms with Gasteiger partial charge in [0.1, 0.15) is 5.60 Å². The molecule has 2 aliphatic rings. The number of amides is 4. The standard InChI is InChI=1S/C18H20N4O4/c1-18(2,3)26-17(25)19-9-4-5-12-10(6-9)14-11-7-22(8-13(14)20-12)16(24)21-15(11)23/h4-6,11,20H,7-8H2,1-3H3,(H,19,25)(H,21,23,24). The van der Waals surface area contributed by atoms with Crippen LogP contribution in [0.1, 0.15) is 37.9 Å². The molecule has 1 aromatic heterocycles. The van der Waals surface area contributed by atoms with Crippen molar-refractivity contribution in [2.24, 2.45) is 0 Å². The molecule has 4 amide bonds. The second kappa shape index (κ2) is 5.48. The number of carbonyl (C=O) groups excluding carboxylic acids is 3. The molecule has 1 atom stereocenters. The number of nitrogens with one attached hydrogen (secondary N) is 3. The van der Waals surface area contributed by atoms with Gasteiger partial charge in [-0.2, -0.15) is 0 Å². The third-order valence-electron chi connectivity index (χ3n) is 4.50. The quantitative estimate of drug-likeness (QED) is 0.731. The van der Waals surface area contributed by atoms with E-state index in [-0.39, 0.29) is 11.9 Å². The van der Waals surface area contributed by atoms with Crippen molar-refractivity contribution in [3.63, 3.8) is 0 Å². The van der Waals surface area contributed by atoms with Crippen LogP contribution in [0.4, 0.5) is 15.3 Å². The third kappa shape index (κ3) is 2.77. The number of carbonyl (C=O) groups is 3. The normalized spacial score (nSPS) is 19.2. The first-order valence-corrected chi connectivity index (χ1v) is 8.45. The zero-order valence-corrected chi connectivity index (χ0v) is 14.8. The van der Waals surface area contributed by atoms with Crippen molar-refractivity contribution < 1.29 is 19.1 Å². The van der Waals surface area contributed by atoms with E-state index >= 15 is 0 Å². The van der Waals surface area contributed by atoms with Gasteiger partial charge in [-0.25, -0.2) is 9.59 Å². The van der Waals surface area contributed by atoms with Gasteiger partial charge in [-0.05, 0) is 44.5 Å². The summed E-state index contributed by atoms with van der Waals surface area (Å²) in [5.41, 5.74) is 2.60. The molecule has 1 aromatic carbocycles. The number of hydrogen-bond donors (Lipinski definition) is 3. The lowest BCUT2D eigenvalue weighted by Crippen LogP contribution is -2.55. The summed E-state index contributed by atoms with van der Waals surface area (Å²) in [5, 5.41) is 5.98. The van der Waals surface area contributed by atoms with Crippen molar-refractivity contribution >= 4 is 34.6 Å². The highest BCUT2D eigenvalue weighted by molar-refractivity contribution is 6.04. The van der Waals surface area contributed by atoms with Crippen molar-refractivity contribution in [3.8, 4) is 0 Å². The van der Waals surface area contributed by atoms with Crippen LogP contribution < -0.4 is 10.6 Å². The Bertz CT molecular complexity index is 941. The van der Waals surface area contributed by atoms with Crippen LogP contribution in [-0.4, -0.2) is 40.1 Å². The summed E-state index contributed by atoms with van der Waals surface area (Å²) in [5.74, 6) is -0.708. The summed E-state index contributed by atoms with van der Waals surface area (Å²) in [7, 11) is 0. The lowest BCUT2D eigenvalue weighted by Gasteiger charge is -2.36. The number of H-pyrrole nitrogens is 1. The van der Waals surface area contributed by atoms with Gasteiger partial charge in [-0.1, -0.05) is 0 Å². The van der Waals surface area contributed by atoms with Crippen molar-refractivity contribution in [1.29, 1.82) is 0 Å². The second-order valence-electron chi connectivity index (χ2n) is 7.63. The highest BCUT2D eigenvalue weighted by Gasteiger charge is 2.40. The molecule has 136 valence electrons. The monoisotopic (exact) mass is 356 g/mol. The Labute approximate surface area is 149 Å². The molecule has 1 saturated heterocycles. The zero-order valence-electron chi connectivity index (χ0n) is 14.8. The lowest BCUT2D eigenvalue weighted by molar-refractivity contribution is -0.123. The predicted octanol–water partition coefficient (Wildman–Crippen LogP) is 2.66. The Hall–Kier alpha value is -3.03. The van der Waals surface area contributed by atoms with Crippen LogP contribution >= 0.6 is 0 Å². The fourth-order valence-corrected chi connectivity index (χ4v) is 3.50. The Balaban J connectivity index is 1.70. The lowest BCUT2D eigenvalue weighted by atomic mass is 9.89. The molecule has 0 radical (unpaired) electrons. The van der Waals surface area contributed by atoms with Crippen molar-refractivity contribution in [3.05, 3.63) is 29.5 Å². The second-order valence-corrected chi connectivity index (χ2v) is 7.63. The van der Waals surface area contributed by atoms with Gasteiger partial charge < -0.3 is 14.6 Å². The maximum Gasteiger partial charge on any atom is 0.412 e. The first-order valence-electron chi connectivity index (χ1n) is 8.45. The maximum atomic E-state index is 12.3. The van der Waals surface area contributed by atoms with Crippen molar-refractivity contribution in [2.75, 3.05) is 11.9 Å². The van der Waals surface area contributed by atoms with Gasteiger partial charge in [0, 0.05) is 28.8 Å². The fourth-order valence-electron chi connectivity index (χ4n) is 3.50. The van der Waals surface area contributed by atoms with Crippen LogP contribution in [0.25, 0.3) is 10.9 Å². The smallest absolute Gasteiger partial charge is 0.412 e. The third-order valence-corrected chi connectivity index (χ3v) is 4.50. The molecule has 2 bridgehead atoms. The summed E-state index contributed by atoms with van der Waals surface area (Å²) in [6, 6.07) is 5.09. The Kier molecular flexibility index (Phi) is 3.47. The summed E-state index contributed by atoms with van der Waals surface area (Å²) in [6.07, 6.45) is -0.534. The summed E-state index contributed by atoms with van der Waals surface area (Å²) < 4.78 is 5.28. The van der Waals surface area contributed by atoms with E-state index in [2.05, 4.69) is 15.6 Å². The van der Waals surface area contributed by atoms with Gasteiger partial charge in [-0.3, -0.25) is 15.4 Å². The van der Waals surface area contributed by atoms with Gasteiger partial charge in [0.05, 0.1) is 12.5 Å². The van der Waals surface area contributed by atoms with Crippen LogP contribution in [0.5, 0.6) is 0 Å². The van der Waals surface area contributed by atoms with Crippen molar-refractivity contribution in [1.82, 2.24) is 15.2 Å². The van der Waals surface area contributed by atoms with Crippen molar-refractivity contribution in [2.45, 2.75) is 38.8 Å². The minimum Gasteiger partial charge on any atom is -0.444 e. The Morgan fingerprint density at radius 1 is 1.31 bits per heavy atom. The van der Waals surface area contributed by atoms with E-state index < -0.39 is 17.6 Å². The number of aromatic amines is 1. The number of urea groups is 1. The average Bonchev–Trinajstić information content (AvgIpc) is 2.88. The zero-order chi connectivity index (χ0) is 18.6. The maximum absolute atomic E-state index is 12.3. The van der Waals surface area contributed by atoms with E-state index in [9.17, 15) is 14.4 Å². The number of fused-ring (bicyclic) bond motifs is 6. The topological polar surface area (TPSA) is 104 Å². The number of anilines is 1. The van der Waals surface area contributed by atoms with Gasteiger partial charge in [0.2, 0.25) is 5.91 Å². The minimum absolute atomic E-state index is 0.293. The molecule has 3 N–H and O–H groups in total. The molecular formula is C18H20N4O4. The van der Waals surface area contributed by atoms with E-state index in [1.165, 1.54) is 0 Å². The van der Waals surface area contributed by atoms with E-state index in [1.807, 2.05) is 12.1 Å². The summed E-state index contributed by atoms with van der Waals surface area (Å²) >= 11 is 0. The molecule has 4 rings (SSSR count). The highest BCUT2D eigenvalue weighted by Crippen LogP contribution is 2.37. The van der Waals surface area contributed by atoms with Crippen LogP contribution in [0, 0.1) is 0 Å². The van der Waals surface area contributed by atoms with E-state index in [0.29, 0.717) is 18.8 Å². The first-order chi connectivity index (χ1) is 12.2. The molecule has 1 unspecified atom stereocenters. The van der Waals surface area contributed by atoms with E-state index in [0.717, 1.165) is 22.2 Å². The molecule has 26 heavy (non-hydrogen) atoms. The number of nitrogens with zero attached hydrogens (tertiary/aromatic N) is 1. The largest absolute Gasteiger partial charge is 0.444 e. The molecular weight excluding hydrogens is 336 g/mol. The molecule has 2 aromatic rings. The number of imide groups is 1. The number of rotatable bonds is 1. The number of benzene rings is 1. The van der Waals surface area contributed by atoms with E-state index in [4.69, 9.17) is 4.74 Å². The molecule has 0 saturated carbocycles. The molecule has 0 spiro atoms.